The van der Waals surface area contributed by atoms with Crippen LogP contribution in [0.4, 0.5) is 0 Å². The monoisotopic (exact) mass is 310 g/mol. The number of ether oxygens (including phenoxy) is 1. The summed E-state index contributed by atoms with van der Waals surface area (Å²) in [5, 5.41) is 6.61. The number of aromatic nitrogens is 1. The van der Waals surface area contributed by atoms with E-state index < -0.39 is 0 Å². The van der Waals surface area contributed by atoms with Gasteiger partial charge in [0.15, 0.2) is 5.96 Å². The third-order valence-corrected chi connectivity index (χ3v) is 4.37. The second-order valence-electron chi connectivity index (χ2n) is 5.45. The molecular weight excluding hydrogens is 284 g/mol. The second kappa shape index (κ2) is 8.34. The average Bonchev–Trinajstić information content (AvgIpc) is 3.09. The van der Waals surface area contributed by atoms with E-state index in [2.05, 4.69) is 34.6 Å². The van der Waals surface area contributed by atoms with Gasteiger partial charge in [-0.1, -0.05) is 0 Å². The standard InChI is InChI=1S/C15H26N4OS/c1-4-16-15(19(3)9-13-6-8-20-10-13)17-7-5-14-11-21-12(2)18-14/h11,13H,4-10H2,1-3H3,(H,16,17). The Balaban J connectivity index is 1.85. The zero-order valence-electron chi connectivity index (χ0n) is 13.3. The Morgan fingerprint density at radius 2 is 2.48 bits per heavy atom. The molecule has 0 spiro atoms. The fraction of sp³-hybridized carbons (Fsp3) is 0.733. The van der Waals surface area contributed by atoms with Gasteiger partial charge in [-0.25, -0.2) is 4.98 Å². The molecule has 118 valence electrons. The second-order valence-corrected chi connectivity index (χ2v) is 6.52. The third-order valence-electron chi connectivity index (χ3n) is 3.55. The Morgan fingerprint density at radius 3 is 3.10 bits per heavy atom. The smallest absolute Gasteiger partial charge is 0.193 e. The van der Waals surface area contributed by atoms with Crippen molar-refractivity contribution >= 4 is 17.3 Å². The van der Waals surface area contributed by atoms with Crippen molar-refractivity contribution in [2.24, 2.45) is 10.9 Å². The van der Waals surface area contributed by atoms with Gasteiger partial charge >= 0.3 is 0 Å². The molecule has 5 nitrogen and oxygen atoms in total. The molecule has 0 amide bonds. The summed E-state index contributed by atoms with van der Waals surface area (Å²) in [6, 6.07) is 0. The maximum atomic E-state index is 5.44. The first-order valence-electron chi connectivity index (χ1n) is 7.67. The number of nitrogens with one attached hydrogen (secondary N) is 1. The summed E-state index contributed by atoms with van der Waals surface area (Å²) in [5.41, 5.74) is 1.14. The van der Waals surface area contributed by atoms with Crippen LogP contribution in [0.2, 0.25) is 0 Å². The van der Waals surface area contributed by atoms with Gasteiger partial charge in [0.25, 0.3) is 0 Å². The lowest BCUT2D eigenvalue weighted by molar-refractivity contribution is 0.181. The molecular formula is C15H26N4OS. The maximum Gasteiger partial charge on any atom is 0.193 e. The quantitative estimate of drug-likeness (QED) is 0.644. The van der Waals surface area contributed by atoms with Crippen molar-refractivity contribution in [2.75, 3.05) is 39.9 Å². The largest absolute Gasteiger partial charge is 0.381 e. The summed E-state index contributed by atoms with van der Waals surface area (Å²) in [4.78, 5) is 11.4. The average molecular weight is 310 g/mol. The SMILES string of the molecule is CCNC(=NCCc1csc(C)n1)N(C)CC1CCOC1. The molecule has 0 bridgehead atoms. The summed E-state index contributed by atoms with van der Waals surface area (Å²) in [6.45, 7) is 8.58. The van der Waals surface area contributed by atoms with Crippen LogP contribution in [0.5, 0.6) is 0 Å². The van der Waals surface area contributed by atoms with Crippen LogP contribution >= 0.6 is 11.3 Å². The molecule has 1 fully saturated rings. The Kier molecular flexibility index (Phi) is 6.45. The highest BCUT2D eigenvalue weighted by Crippen LogP contribution is 2.13. The van der Waals surface area contributed by atoms with Crippen LogP contribution in [-0.4, -0.2) is 55.7 Å². The van der Waals surface area contributed by atoms with Crippen LogP contribution in [0, 0.1) is 12.8 Å². The van der Waals surface area contributed by atoms with Crippen LogP contribution in [0.3, 0.4) is 0 Å². The maximum absolute atomic E-state index is 5.44. The fourth-order valence-electron chi connectivity index (χ4n) is 2.47. The van der Waals surface area contributed by atoms with E-state index in [9.17, 15) is 0 Å². The molecule has 0 radical (unpaired) electrons. The van der Waals surface area contributed by atoms with Crippen molar-refractivity contribution in [3.63, 3.8) is 0 Å². The zero-order valence-corrected chi connectivity index (χ0v) is 14.1. The van der Waals surface area contributed by atoms with Gasteiger partial charge in [-0.3, -0.25) is 4.99 Å². The topological polar surface area (TPSA) is 49.8 Å². The van der Waals surface area contributed by atoms with Gasteiger partial charge in [0.2, 0.25) is 0 Å². The number of rotatable bonds is 6. The van der Waals surface area contributed by atoms with E-state index in [0.29, 0.717) is 5.92 Å². The fourth-order valence-corrected chi connectivity index (χ4v) is 3.12. The number of hydrogen-bond donors (Lipinski definition) is 1. The molecule has 1 N–H and O–H groups in total. The minimum atomic E-state index is 0.625. The summed E-state index contributed by atoms with van der Waals surface area (Å²) < 4.78 is 5.44. The van der Waals surface area contributed by atoms with E-state index in [1.165, 1.54) is 0 Å². The number of hydrogen-bond acceptors (Lipinski definition) is 4. The Morgan fingerprint density at radius 1 is 1.62 bits per heavy atom. The molecule has 1 aliphatic heterocycles. The van der Waals surface area contributed by atoms with Gasteiger partial charge in [0.05, 0.1) is 17.3 Å². The summed E-state index contributed by atoms with van der Waals surface area (Å²) in [6.07, 6.45) is 2.06. The highest BCUT2D eigenvalue weighted by molar-refractivity contribution is 7.09. The number of guanidine groups is 1. The molecule has 1 aromatic heterocycles. The first-order chi connectivity index (χ1) is 10.2. The number of thiazole rings is 1. The van der Waals surface area contributed by atoms with Crippen molar-refractivity contribution in [3.05, 3.63) is 16.1 Å². The lowest BCUT2D eigenvalue weighted by Crippen LogP contribution is -2.41. The van der Waals surface area contributed by atoms with Crippen molar-refractivity contribution in [1.82, 2.24) is 15.2 Å². The molecule has 1 atom stereocenters. The molecule has 2 heterocycles. The van der Waals surface area contributed by atoms with E-state index in [1.54, 1.807) is 11.3 Å². The van der Waals surface area contributed by atoms with Gasteiger partial charge < -0.3 is 15.0 Å². The Hall–Kier alpha value is -1.14. The Labute approximate surface area is 131 Å². The van der Waals surface area contributed by atoms with E-state index in [1.807, 2.05) is 6.92 Å². The van der Waals surface area contributed by atoms with Gasteiger partial charge in [0, 0.05) is 51.0 Å². The van der Waals surface area contributed by atoms with Gasteiger partial charge in [-0.05, 0) is 20.3 Å². The predicted molar refractivity (Wildman–Crippen MR) is 88.1 cm³/mol. The van der Waals surface area contributed by atoms with E-state index in [-0.39, 0.29) is 0 Å². The molecule has 1 aromatic rings. The predicted octanol–water partition coefficient (Wildman–Crippen LogP) is 1.93. The molecule has 6 heteroatoms. The number of nitrogens with zero attached hydrogens (tertiary/aromatic N) is 3. The van der Waals surface area contributed by atoms with Crippen molar-refractivity contribution in [1.29, 1.82) is 0 Å². The highest BCUT2D eigenvalue weighted by Gasteiger charge is 2.18. The van der Waals surface area contributed by atoms with Crippen LogP contribution in [0.15, 0.2) is 10.4 Å². The van der Waals surface area contributed by atoms with E-state index in [4.69, 9.17) is 9.73 Å². The first kappa shape index (κ1) is 16.2. The number of aryl methyl sites for hydroxylation is 1. The molecule has 0 saturated carbocycles. The minimum absolute atomic E-state index is 0.625. The van der Waals surface area contributed by atoms with Crippen LogP contribution in [0.25, 0.3) is 0 Å². The number of aliphatic imine (C=N–C) groups is 1. The normalized spacial score (nSPS) is 19.0. The lowest BCUT2D eigenvalue weighted by Gasteiger charge is -2.24. The molecule has 2 rings (SSSR count). The van der Waals surface area contributed by atoms with Crippen LogP contribution < -0.4 is 5.32 Å². The van der Waals surface area contributed by atoms with Crippen molar-refractivity contribution in [2.45, 2.75) is 26.7 Å². The third kappa shape index (κ3) is 5.28. The summed E-state index contributed by atoms with van der Waals surface area (Å²) in [7, 11) is 2.10. The van der Waals surface area contributed by atoms with Crippen LogP contribution in [0.1, 0.15) is 24.0 Å². The molecule has 0 aliphatic carbocycles. The lowest BCUT2D eigenvalue weighted by atomic mass is 10.1. The van der Waals surface area contributed by atoms with Gasteiger partial charge in [-0.15, -0.1) is 11.3 Å². The van der Waals surface area contributed by atoms with Gasteiger partial charge in [-0.2, -0.15) is 0 Å². The van der Waals surface area contributed by atoms with Crippen molar-refractivity contribution < 1.29 is 4.74 Å². The summed E-state index contributed by atoms with van der Waals surface area (Å²) in [5.74, 6) is 1.61. The Bertz CT molecular complexity index is 454. The molecule has 1 aliphatic rings. The van der Waals surface area contributed by atoms with Crippen molar-refractivity contribution in [3.8, 4) is 0 Å². The highest BCUT2D eigenvalue weighted by atomic mass is 32.1. The molecule has 1 saturated heterocycles. The van der Waals surface area contributed by atoms with Crippen LogP contribution in [-0.2, 0) is 11.2 Å². The molecule has 1 unspecified atom stereocenters. The van der Waals surface area contributed by atoms with Gasteiger partial charge in [0.1, 0.15) is 0 Å². The minimum Gasteiger partial charge on any atom is -0.381 e. The zero-order chi connectivity index (χ0) is 15.1. The molecule has 0 aromatic carbocycles. The van der Waals surface area contributed by atoms with E-state index >= 15 is 0 Å². The first-order valence-corrected chi connectivity index (χ1v) is 8.55. The summed E-state index contributed by atoms with van der Waals surface area (Å²) >= 11 is 1.70. The van der Waals surface area contributed by atoms with E-state index in [0.717, 1.165) is 62.4 Å². The molecule has 21 heavy (non-hydrogen) atoms.